The van der Waals surface area contributed by atoms with Gasteiger partial charge < -0.3 is 23.7 Å². The smallest absolute Gasteiger partial charge is 0.331 e. The SMILES string of the molecule is O=C(/C=C/c1ccc2c(c1)OCCO2)OCC(=O)c1ccc2c(c1)OCO2. The molecule has 138 valence electrons. The third-order valence-corrected chi connectivity index (χ3v) is 4.02. The monoisotopic (exact) mass is 368 g/mol. The van der Waals surface area contributed by atoms with E-state index in [0.717, 1.165) is 5.56 Å². The van der Waals surface area contributed by atoms with E-state index in [-0.39, 0.29) is 19.2 Å². The molecule has 0 atom stereocenters. The van der Waals surface area contributed by atoms with Crippen LogP contribution in [0.3, 0.4) is 0 Å². The summed E-state index contributed by atoms with van der Waals surface area (Å²) in [6.07, 6.45) is 2.85. The molecule has 0 saturated carbocycles. The van der Waals surface area contributed by atoms with Crippen LogP contribution in [0.2, 0.25) is 0 Å². The van der Waals surface area contributed by atoms with Crippen molar-refractivity contribution in [2.45, 2.75) is 0 Å². The van der Waals surface area contributed by atoms with Crippen LogP contribution in [0.4, 0.5) is 0 Å². The number of carbonyl (C=O) groups excluding carboxylic acids is 2. The van der Waals surface area contributed by atoms with E-state index < -0.39 is 5.97 Å². The van der Waals surface area contributed by atoms with Gasteiger partial charge in [-0.15, -0.1) is 0 Å². The zero-order valence-corrected chi connectivity index (χ0v) is 14.3. The molecular weight excluding hydrogens is 352 g/mol. The van der Waals surface area contributed by atoms with Crippen molar-refractivity contribution in [3.8, 4) is 23.0 Å². The summed E-state index contributed by atoms with van der Waals surface area (Å²) in [5, 5.41) is 0. The van der Waals surface area contributed by atoms with Crippen LogP contribution in [0.1, 0.15) is 15.9 Å². The van der Waals surface area contributed by atoms with E-state index in [1.165, 1.54) is 6.08 Å². The lowest BCUT2D eigenvalue weighted by molar-refractivity contribution is -0.136. The van der Waals surface area contributed by atoms with Crippen molar-refractivity contribution in [3.63, 3.8) is 0 Å². The maximum atomic E-state index is 12.2. The fraction of sp³-hybridized carbons (Fsp3) is 0.200. The fourth-order valence-corrected chi connectivity index (χ4v) is 2.67. The molecule has 2 aromatic carbocycles. The first-order valence-corrected chi connectivity index (χ1v) is 8.36. The Labute approximate surface area is 155 Å². The summed E-state index contributed by atoms with van der Waals surface area (Å²) in [7, 11) is 0. The number of hydrogen-bond acceptors (Lipinski definition) is 7. The molecule has 7 heteroatoms. The number of fused-ring (bicyclic) bond motifs is 2. The predicted molar refractivity (Wildman–Crippen MR) is 94.3 cm³/mol. The summed E-state index contributed by atoms with van der Waals surface area (Å²) in [5.41, 5.74) is 1.15. The zero-order valence-electron chi connectivity index (χ0n) is 14.3. The number of ketones is 1. The third kappa shape index (κ3) is 3.87. The van der Waals surface area contributed by atoms with Crippen molar-refractivity contribution in [2.75, 3.05) is 26.6 Å². The molecule has 2 heterocycles. The second kappa shape index (κ2) is 7.41. The molecule has 2 aliphatic heterocycles. The molecule has 0 N–H and O–H groups in total. The Bertz CT molecular complexity index is 917. The van der Waals surface area contributed by atoms with E-state index in [2.05, 4.69) is 0 Å². The maximum Gasteiger partial charge on any atom is 0.331 e. The van der Waals surface area contributed by atoms with E-state index in [9.17, 15) is 9.59 Å². The first-order valence-electron chi connectivity index (χ1n) is 8.36. The predicted octanol–water partition coefficient (Wildman–Crippen LogP) is 2.63. The minimum Gasteiger partial charge on any atom is -0.486 e. The highest BCUT2D eigenvalue weighted by atomic mass is 16.7. The number of carbonyl (C=O) groups is 2. The summed E-state index contributed by atoms with van der Waals surface area (Å²) in [5.74, 6) is 1.47. The zero-order chi connectivity index (χ0) is 18.6. The Balaban J connectivity index is 1.33. The molecule has 7 nitrogen and oxygen atoms in total. The van der Waals surface area contributed by atoms with Gasteiger partial charge in [-0.3, -0.25) is 4.79 Å². The lowest BCUT2D eigenvalue weighted by Crippen LogP contribution is -2.15. The van der Waals surface area contributed by atoms with E-state index in [1.807, 2.05) is 0 Å². The minimum atomic E-state index is -0.612. The third-order valence-electron chi connectivity index (χ3n) is 4.02. The molecule has 0 saturated heterocycles. The van der Waals surface area contributed by atoms with Crippen molar-refractivity contribution in [1.29, 1.82) is 0 Å². The van der Waals surface area contributed by atoms with Gasteiger partial charge in [0, 0.05) is 11.6 Å². The molecule has 0 fully saturated rings. The summed E-state index contributed by atoms with van der Waals surface area (Å²) in [4.78, 5) is 24.0. The molecule has 0 unspecified atom stereocenters. The van der Waals surface area contributed by atoms with Crippen LogP contribution in [0.25, 0.3) is 6.08 Å². The first kappa shape index (κ1) is 17.0. The van der Waals surface area contributed by atoms with Crippen LogP contribution in [-0.4, -0.2) is 38.4 Å². The van der Waals surface area contributed by atoms with Gasteiger partial charge in [-0.25, -0.2) is 4.79 Å². The van der Waals surface area contributed by atoms with Gasteiger partial charge in [0.25, 0.3) is 0 Å². The van der Waals surface area contributed by atoms with Crippen LogP contribution in [0, 0.1) is 0 Å². The average Bonchev–Trinajstić information content (AvgIpc) is 3.18. The molecule has 2 aromatic rings. The number of rotatable bonds is 5. The molecule has 27 heavy (non-hydrogen) atoms. The summed E-state index contributed by atoms with van der Waals surface area (Å²) < 4.78 is 26.4. The molecule has 0 aromatic heterocycles. The lowest BCUT2D eigenvalue weighted by atomic mass is 10.1. The van der Waals surface area contributed by atoms with Gasteiger partial charge in [0.1, 0.15) is 13.2 Å². The van der Waals surface area contributed by atoms with E-state index in [1.54, 1.807) is 42.5 Å². The molecule has 0 radical (unpaired) electrons. The highest BCUT2D eigenvalue weighted by molar-refractivity contribution is 5.99. The topological polar surface area (TPSA) is 80.3 Å². The Morgan fingerprint density at radius 3 is 2.48 bits per heavy atom. The van der Waals surface area contributed by atoms with Crippen LogP contribution >= 0.6 is 0 Å². The van der Waals surface area contributed by atoms with Crippen molar-refractivity contribution in [3.05, 3.63) is 53.6 Å². The van der Waals surface area contributed by atoms with Gasteiger partial charge in [0.2, 0.25) is 6.79 Å². The van der Waals surface area contributed by atoms with Gasteiger partial charge in [0.05, 0.1) is 0 Å². The van der Waals surface area contributed by atoms with E-state index in [0.29, 0.717) is 41.8 Å². The molecule has 0 aliphatic carbocycles. The molecule has 0 amide bonds. The first-order chi connectivity index (χ1) is 13.2. The van der Waals surface area contributed by atoms with E-state index >= 15 is 0 Å². The number of benzene rings is 2. The number of ether oxygens (including phenoxy) is 5. The number of hydrogen-bond donors (Lipinski definition) is 0. The van der Waals surface area contributed by atoms with Crippen LogP contribution in [-0.2, 0) is 9.53 Å². The van der Waals surface area contributed by atoms with Crippen LogP contribution < -0.4 is 18.9 Å². The Kier molecular flexibility index (Phi) is 4.65. The van der Waals surface area contributed by atoms with Crippen molar-refractivity contribution < 1.29 is 33.3 Å². The van der Waals surface area contributed by atoms with Crippen molar-refractivity contribution >= 4 is 17.8 Å². The lowest BCUT2D eigenvalue weighted by Gasteiger charge is -2.18. The molecule has 2 aliphatic rings. The number of esters is 1. The Morgan fingerprint density at radius 1 is 0.889 bits per heavy atom. The quantitative estimate of drug-likeness (QED) is 0.456. The largest absolute Gasteiger partial charge is 0.486 e. The molecule has 4 rings (SSSR count). The van der Waals surface area contributed by atoms with Gasteiger partial charge in [-0.2, -0.15) is 0 Å². The standard InChI is InChI=1S/C20H16O7/c21-15(14-3-5-17-19(10-14)27-12-26-17)11-25-20(22)6-2-13-1-4-16-18(9-13)24-8-7-23-16/h1-6,9-10H,7-8,11-12H2/b6-2+. The molecular formula is C20H16O7. The van der Waals surface area contributed by atoms with Gasteiger partial charge in [-0.1, -0.05) is 6.07 Å². The van der Waals surface area contributed by atoms with Crippen LogP contribution in [0.5, 0.6) is 23.0 Å². The van der Waals surface area contributed by atoms with Gasteiger partial charge in [0.15, 0.2) is 35.4 Å². The normalized spacial score (nSPS) is 14.2. The van der Waals surface area contributed by atoms with E-state index in [4.69, 9.17) is 23.7 Å². The summed E-state index contributed by atoms with van der Waals surface area (Å²) >= 11 is 0. The fourth-order valence-electron chi connectivity index (χ4n) is 2.67. The highest BCUT2D eigenvalue weighted by Gasteiger charge is 2.17. The average molecular weight is 368 g/mol. The van der Waals surface area contributed by atoms with Gasteiger partial charge in [-0.05, 0) is 42.0 Å². The summed E-state index contributed by atoms with van der Waals surface area (Å²) in [6, 6.07) is 10.2. The van der Waals surface area contributed by atoms with Crippen LogP contribution in [0.15, 0.2) is 42.5 Å². The second-order valence-corrected chi connectivity index (χ2v) is 5.84. The Hall–Kier alpha value is -3.48. The second-order valence-electron chi connectivity index (χ2n) is 5.84. The van der Waals surface area contributed by atoms with Gasteiger partial charge >= 0.3 is 5.97 Å². The number of Topliss-reactive ketones (excluding diaryl/α,β-unsaturated/α-hetero) is 1. The molecule has 0 spiro atoms. The molecule has 0 bridgehead atoms. The van der Waals surface area contributed by atoms with Crippen molar-refractivity contribution in [2.24, 2.45) is 0 Å². The minimum absolute atomic E-state index is 0.132. The Morgan fingerprint density at radius 2 is 1.59 bits per heavy atom. The van der Waals surface area contributed by atoms with Crippen molar-refractivity contribution in [1.82, 2.24) is 0 Å². The highest BCUT2D eigenvalue weighted by Crippen LogP contribution is 2.33. The summed E-state index contributed by atoms with van der Waals surface area (Å²) in [6.45, 7) is 0.784. The maximum absolute atomic E-state index is 12.2.